The molecule has 0 atom stereocenters. The summed E-state index contributed by atoms with van der Waals surface area (Å²) in [5, 5.41) is 3.34. The molecule has 0 spiro atoms. The van der Waals surface area contributed by atoms with Crippen molar-refractivity contribution < 1.29 is 14.3 Å². The summed E-state index contributed by atoms with van der Waals surface area (Å²) in [5.74, 6) is 0.458. The van der Waals surface area contributed by atoms with Crippen molar-refractivity contribution in [2.75, 3.05) is 31.6 Å². The second-order valence-electron chi connectivity index (χ2n) is 6.24. The molecule has 0 aliphatic carbocycles. The molecule has 26 heavy (non-hydrogen) atoms. The zero-order chi connectivity index (χ0) is 18.5. The first-order chi connectivity index (χ1) is 12.5. The van der Waals surface area contributed by atoms with E-state index in [4.69, 9.17) is 21.7 Å². The number of morpholine rings is 1. The second-order valence-corrected chi connectivity index (χ2v) is 6.59. The van der Waals surface area contributed by atoms with Crippen LogP contribution in [0, 0.1) is 13.8 Å². The van der Waals surface area contributed by atoms with Crippen LogP contribution in [-0.4, -0.2) is 42.3 Å². The van der Waals surface area contributed by atoms with Gasteiger partial charge in [-0.3, -0.25) is 4.79 Å². The Morgan fingerprint density at radius 2 is 1.77 bits per heavy atom. The lowest BCUT2D eigenvalue weighted by molar-refractivity contribution is 0.0631. The predicted octanol–water partition coefficient (Wildman–Crippen LogP) is 3.55. The van der Waals surface area contributed by atoms with Crippen molar-refractivity contribution in [3.8, 4) is 5.75 Å². The van der Waals surface area contributed by atoms with Gasteiger partial charge in [0.2, 0.25) is 0 Å². The van der Waals surface area contributed by atoms with Crippen LogP contribution >= 0.6 is 12.2 Å². The normalized spacial score (nSPS) is 14.0. The third-order valence-corrected chi connectivity index (χ3v) is 4.70. The Balaban J connectivity index is 1.60. The molecule has 1 fully saturated rings. The first-order valence-electron chi connectivity index (χ1n) is 8.56. The van der Waals surface area contributed by atoms with Crippen LogP contribution < -0.4 is 10.1 Å². The summed E-state index contributed by atoms with van der Waals surface area (Å²) in [5.41, 5.74) is 3.68. The maximum Gasteiger partial charge on any atom is 0.264 e. The van der Waals surface area contributed by atoms with E-state index < -0.39 is 0 Å². The Morgan fingerprint density at radius 3 is 2.42 bits per heavy atom. The SMILES string of the molecule is Cc1ccc(NC(=O)c2ccc(OC(=S)N3CCOCC3)cc2)cc1C. The molecule has 1 aliphatic heterocycles. The lowest BCUT2D eigenvalue weighted by Gasteiger charge is -2.28. The van der Waals surface area contributed by atoms with Crippen molar-refractivity contribution in [1.29, 1.82) is 0 Å². The molecule has 0 aromatic heterocycles. The number of carbonyl (C=O) groups excluding carboxylic acids is 1. The van der Waals surface area contributed by atoms with Crippen LogP contribution in [0.15, 0.2) is 42.5 Å². The van der Waals surface area contributed by atoms with Crippen LogP contribution in [0.4, 0.5) is 5.69 Å². The summed E-state index contributed by atoms with van der Waals surface area (Å²) in [6.45, 7) is 6.84. The third-order valence-electron chi connectivity index (χ3n) is 4.36. The van der Waals surface area contributed by atoms with Crippen LogP contribution in [0.1, 0.15) is 21.5 Å². The number of rotatable bonds is 3. The van der Waals surface area contributed by atoms with Crippen molar-refractivity contribution >= 4 is 29.0 Å². The molecule has 5 nitrogen and oxygen atoms in total. The zero-order valence-electron chi connectivity index (χ0n) is 15.0. The average Bonchev–Trinajstić information content (AvgIpc) is 2.66. The molecule has 0 radical (unpaired) electrons. The minimum atomic E-state index is -0.157. The van der Waals surface area contributed by atoms with Crippen molar-refractivity contribution in [3.63, 3.8) is 0 Å². The molecule has 2 aromatic carbocycles. The number of hydrogen-bond donors (Lipinski definition) is 1. The highest BCUT2D eigenvalue weighted by Gasteiger charge is 2.15. The first-order valence-corrected chi connectivity index (χ1v) is 8.97. The molecule has 1 heterocycles. The van der Waals surface area contributed by atoms with Gasteiger partial charge in [-0.1, -0.05) is 6.07 Å². The minimum Gasteiger partial charge on any atom is -0.432 e. The van der Waals surface area contributed by atoms with Crippen LogP contribution in [0.25, 0.3) is 0 Å². The Labute approximate surface area is 158 Å². The first kappa shape index (κ1) is 18.4. The van der Waals surface area contributed by atoms with Gasteiger partial charge in [-0.25, -0.2) is 0 Å². The number of ether oxygens (including phenoxy) is 2. The fraction of sp³-hybridized carbons (Fsp3) is 0.300. The molecule has 6 heteroatoms. The van der Waals surface area contributed by atoms with Gasteiger partial charge in [-0.15, -0.1) is 0 Å². The predicted molar refractivity (Wildman–Crippen MR) is 106 cm³/mol. The number of anilines is 1. The van der Waals surface area contributed by atoms with E-state index in [0.29, 0.717) is 29.7 Å². The van der Waals surface area contributed by atoms with Crippen molar-refractivity contribution in [2.45, 2.75) is 13.8 Å². The molecule has 1 aliphatic rings. The number of nitrogens with zero attached hydrogens (tertiary/aromatic N) is 1. The molecule has 136 valence electrons. The van der Waals surface area contributed by atoms with Crippen molar-refractivity contribution in [3.05, 3.63) is 59.2 Å². The highest BCUT2D eigenvalue weighted by Crippen LogP contribution is 2.17. The van der Waals surface area contributed by atoms with E-state index in [-0.39, 0.29) is 5.91 Å². The van der Waals surface area contributed by atoms with Gasteiger partial charge in [0.15, 0.2) is 0 Å². The standard InChI is InChI=1S/C20H22N2O3S/c1-14-3-6-17(13-15(14)2)21-19(23)16-4-7-18(8-5-16)25-20(26)22-9-11-24-12-10-22/h3-8,13H,9-12H2,1-2H3,(H,21,23). The van der Waals surface area contributed by atoms with Gasteiger partial charge < -0.3 is 19.7 Å². The molecular formula is C20H22N2O3S. The number of carbonyl (C=O) groups is 1. The molecule has 1 amide bonds. The molecule has 1 saturated heterocycles. The van der Waals surface area contributed by atoms with Gasteiger partial charge in [-0.05, 0) is 73.6 Å². The number of hydrogen-bond acceptors (Lipinski definition) is 4. The van der Waals surface area contributed by atoms with Gasteiger partial charge >= 0.3 is 0 Å². The molecular weight excluding hydrogens is 348 g/mol. The maximum atomic E-state index is 12.4. The summed E-state index contributed by atoms with van der Waals surface area (Å²) in [4.78, 5) is 14.4. The van der Waals surface area contributed by atoms with Crippen LogP contribution in [0.5, 0.6) is 5.75 Å². The highest BCUT2D eigenvalue weighted by atomic mass is 32.1. The molecule has 0 unspecified atom stereocenters. The third kappa shape index (κ3) is 4.59. The molecule has 1 N–H and O–H groups in total. The minimum absolute atomic E-state index is 0.157. The number of nitrogens with one attached hydrogen (secondary N) is 1. The van der Waals surface area contributed by atoms with E-state index >= 15 is 0 Å². The summed E-state index contributed by atoms with van der Waals surface area (Å²) in [7, 11) is 0. The van der Waals surface area contributed by atoms with Gasteiger partial charge in [0.1, 0.15) is 5.75 Å². The zero-order valence-corrected chi connectivity index (χ0v) is 15.8. The van der Waals surface area contributed by atoms with Crippen LogP contribution in [0.3, 0.4) is 0 Å². The summed E-state index contributed by atoms with van der Waals surface area (Å²) in [6.07, 6.45) is 0. The summed E-state index contributed by atoms with van der Waals surface area (Å²) >= 11 is 5.32. The topological polar surface area (TPSA) is 50.8 Å². The number of thiocarbonyl (C=S) groups is 1. The van der Waals surface area contributed by atoms with Crippen LogP contribution in [-0.2, 0) is 4.74 Å². The Morgan fingerprint density at radius 1 is 1.08 bits per heavy atom. The van der Waals surface area contributed by atoms with E-state index in [1.54, 1.807) is 24.3 Å². The lowest BCUT2D eigenvalue weighted by Crippen LogP contribution is -2.42. The van der Waals surface area contributed by atoms with Gasteiger partial charge in [0.25, 0.3) is 11.1 Å². The van der Waals surface area contributed by atoms with E-state index in [2.05, 4.69) is 5.32 Å². The number of benzene rings is 2. The monoisotopic (exact) mass is 370 g/mol. The average molecular weight is 370 g/mol. The van der Waals surface area contributed by atoms with Crippen molar-refractivity contribution in [1.82, 2.24) is 4.90 Å². The Hall–Kier alpha value is -2.44. The molecule has 0 bridgehead atoms. The van der Waals surface area contributed by atoms with Crippen molar-refractivity contribution in [2.24, 2.45) is 0 Å². The molecule has 0 saturated carbocycles. The second kappa shape index (κ2) is 8.29. The quantitative estimate of drug-likeness (QED) is 0.838. The lowest BCUT2D eigenvalue weighted by atomic mass is 10.1. The Bertz CT molecular complexity index is 799. The fourth-order valence-electron chi connectivity index (χ4n) is 2.61. The maximum absolute atomic E-state index is 12.4. The molecule has 3 rings (SSSR count). The van der Waals surface area contributed by atoms with Gasteiger partial charge in [0.05, 0.1) is 13.2 Å². The van der Waals surface area contributed by atoms with Gasteiger partial charge in [0, 0.05) is 24.3 Å². The van der Waals surface area contributed by atoms with Crippen LogP contribution in [0.2, 0.25) is 0 Å². The highest BCUT2D eigenvalue weighted by molar-refractivity contribution is 7.80. The fourth-order valence-corrected chi connectivity index (χ4v) is 2.89. The van der Waals surface area contributed by atoms with E-state index in [1.165, 1.54) is 5.56 Å². The number of amides is 1. The molecule has 2 aromatic rings. The smallest absolute Gasteiger partial charge is 0.264 e. The van der Waals surface area contributed by atoms with E-state index in [1.807, 2.05) is 36.9 Å². The summed E-state index contributed by atoms with van der Waals surface area (Å²) in [6, 6.07) is 12.8. The van der Waals surface area contributed by atoms with Gasteiger partial charge in [-0.2, -0.15) is 0 Å². The summed E-state index contributed by atoms with van der Waals surface area (Å²) < 4.78 is 11.0. The van der Waals surface area contributed by atoms with E-state index in [9.17, 15) is 4.79 Å². The number of aryl methyl sites for hydroxylation is 2. The Kier molecular flexibility index (Phi) is 5.85. The largest absolute Gasteiger partial charge is 0.432 e. The van der Waals surface area contributed by atoms with E-state index in [0.717, 1.165) is 24.3 Å².